The van der Waals surface area contributed by atoms with Crippen molar-refractivity contribution in [1.82, 2.24) is 15.0 Å². The largest absolute Gasteiger partial charge is 0.478 e. The number of hydrogen-bond donors (Lipinski definition) is 2. The molecule has 3 heterocycles. The first-order valence-corrected chi connectivity index (χ1v) is 5.85. The van der Waals surface area contributed by atoms with Gasteiger partial charge in [-0.2, -0.15) is 0 Å². The second kappa shape index (κ2) is 4.06. The number of aromatic amines is 1. The molecule has 94 valence electrons. The van der Waals surface area contributed by atoms with Gasteiger partial charge in [-0.15, -0.1) is 0 Å². The predicted molar refractivity (Wildman–Crippen MR) is 63.6 cm³/mol. The number of hydrogen-bond acceptors (Lipinski definition) is 4. The molecule has 2 atom stereocenters. The maximum atomic E-state index is 10.9. The zero-order chi connectivity index (χ0) is 12.7. The number of pyridine rings is 1. The number of carbonyl (C=O) groups is 1. The molecule has 0 spiro atoms. The third kappa shape index (κ3) is 1.74. The van der Waals surface area contributed by atoms with Crippen LogP contribution >= 0.6 is 0 Å². The van der Waals surface area contributed by atoms with Crippen molar-refractivity contribution in [3.63, 3.8) is 0 Å². The minimum atomic E-state index is -0.988. The zero-order valence-electron chi connectivity index (χ0n) is 9.88. The van der Waals surface area contributed by atoms with Gasteiger partial charge in [0.25, 0.3) is 0 Å². The summed E-state index contributed by atoms with van der Waals surface area (Å²) >= 11 is 0. The normalized spacial score (nSPS) is 23.6. The first-order chi connectivity index (χ1) is 8.65. The second-order valence-corrected chi connectivity index (χ2v) is 4.49. The van der Waals surface area contributed by atoms with E-state index < -0.39 is 5.97 Å². The fourth-order valence-electron chi connectivity index (χ4n) is 2.30. The highest BCUT2D eigenvalue weighted by Gasteiger charge is 2.28. The molecule has 0 saturated carbocycles. The molecule has 0 aromatic carbocycles. The molecule has 2 aromatic heterocycles. The van der Waals surface area contributed by atoms with Crippen LogP contribution in [-0.4, -0.2) is 38.7 Å². The fourth-order valence-corrected chi connectivity index (χ4v) is 2.30. The summed E-state index contributed by atoms with van der Waals surface area (Å²) < 4.78 is 5.50. The van der Waals surface area contributed by atoms with Gasteiger partial charge in [-0.3, -0.25) is 0 Å². The maximum Gasteiger partial charge on any atom is 0.337 e. The van der Waals surface area contributed by atoms with E-state index in [1.807, 2.05) is 6.92 Å². The number of ether oxygens (including phenoxy) is 1. The molecule has 6 nitrogen and oxygen atoms in total. The number of aromatic carboxylic acids is 1. The van der Waals surface area contributed by atoms with Crippen LogP contribution < -0.4 is 0 Å². The van der Waals surface area contributed by atoms with Crippen LogP contribution in [0.1, 0.15) is 35.4 Å². The van der Waals surface area contributed by atoms with Crippen molar-refractivity contribution in [3.05, 3.63) is 23.7 Å². The molecule has 2 aromatic rings. The zero-order valence-corrected chi connectivity index (χ0v) is 9.88. The van der Waals surface area contributed by atoms with Crippen molar-refractivity contribution in [3.8, 4) is 0 Å². The number of fused-ring (bicyclic) bond motifs is 1. The minimum absolute atomic E-state index is 0.129. The van der Waals surface area contributed by atoms with E-state index >= 15 is 0 Å². The Labute approximate surface area is 103 Å². The van der Waals surface area contributed by atoms with Crippen LogP contribution in [0.15, 0.2) is 12.3 Å². The predicted octanol–water partition coefficient (Wildman–Crippen LogP) is 1.55. The molecule has 1 fully saturated rings. The van der Waals surface area contributed by atoms with Gasteiger partial charge in [0.1, 0.15) is 5.82 Å². The molecule has 1 saturated heterocycles. The van der Waals surface area contributed by atoms with Gasteiger partial charge in [0.05, 0.1) is 17.2 Å². The summed E-state index contributed by atoms with van der Waals surface area (Å²) in [6.07, 6.45) is 2.38. The number of aromatic nitrogens is 3. The highest BCUT2D eigenvalue weighted by molar-refractivity contribution is 5.90. The van der Waals surface area contributed by atoms with E-state index in [0.717, 1.165) is 18.9 Å². The summed E-state index contributed by atoms with van der Waals surface area (Å²) in [4.78, 5) is 22.5. The molecule has 0 radical (unpaired) electrons. The summed E-state index contributed by atoms with van der Waals surface area (Å²) in [5.41, 5.74) is 1.37. The summed E-state index contributed by atoms with van der Waals surface area (Å²) in [7, 11) is 0. The monoisotopic (exact) mass is 247 g/mol. The van der Waals surface area contributed by atoms with Gasteiger partial charge in [0.15, 0.2) is 5.65 Å². The van der Waals surface area contributed by atoms with Crippen molar-refractivity contribution in [2.24, 2.45) is 0 Å². The summed E-state index contributed by atoms with van der Waals surface area (Å²) in [6, 6.07) is 1.56. The van der Waals surface area contributed by atoms with Gasteiger partial charge >= 0.3 is 5.97 Å². The first kappa shape index (κ1) is 11.2. The number of nitrogens with zero attached hydrogens (tertiary/aromatic N) is 2. The smallest absolute Gasteiger partial charge is 0.337 e. The van der Waals surface area contributed by atoms with E-state index in [9.17, 15) is 4.79 Å². The number of nitrogens with one attached hydrogen (secondary N) is 1. The average molecular weight is 247 g/mol. The number of rotatable bonds is 2. The Balaban J connectivity index is 2.02. The first-order valence-electron chi connectivity index (χ1n) is 5.85. The lowest BCUT2D eigenvalue weighted by molar-refractivity contribution is 0.0696. The highest BCUT2D eigenvalue weighted by atomic mass is 16.5. The third-order valence-corrected chi connectivity index (χ3v) is 3.33. The van der Waals surface area contributed by atoms with Gasteiger partial charge in [-0.1, -0.05) is 0 Å². The van der Waals surface area contributed by atoms with Crippen molar-refractivity contribution in [2.45, 2.75) is 25.4 Å². The fraction of sp³-hybridized carbons (Fsp3) is 0.417. The Hall–Kier alpha value is -1.95. The molecule has 0 bridgehead atoms. The van der Waals surface area contributed by atoms with Gasteiger partial charge < -0.3 is 14.8 Å². The second-order valence-electron chi connectivity index (χ2n) is 4.49. The quantitative estimate of drug-likeness (QED) is 0.840. The van der Waals surface area contributed by atoms with Gasteiger partial charge in [-0.05, 0) is 19.4 Å². The Morgan fingerprint density at radius 1 is 1.61 bits per heavy atom. The third-order valence-electron chi connectivity index (χ3n) is 3.33. The van der Waals surface area contributed by atoms with Crippen LogP contribution in [0.25, 0.3) is 11.2 Å². The lowest BCUT2D eigenvalue weighted by Crippen LogP contribution is -2.10. The molecule has 6 heteroatoms. The maximum absolute atomic E-state index is 10.9. The van der Waals surface area contributed by atoms with Crippen LogP contribution in [-0.2, 0) is 4.74 Å². The number of H-pyrrole nitrogens is 1. The molecule has 18 heavy (non-hydrogen) atoms. The van der Waals surface area contributed by atoms with Gasteiger partial charge in [0, 0.05) is 18.7 Å². The van der Waals surface area contributed by atoms with Crippen LogP contribution in [0.4, 0.5) is 0 Å². The molecular formula is C12H13N3O3. The molecular weight excluding hydrogens is 234 g/mol. The number of carboxylic acids is 1. The van der Waals surface area contributed by atoms with Crippen molar-refractivity contribution in [1.29, 1.82) is 0 Å². The number of carboxylic acid groups (broad SMARTS) is 1. The van der Waals surface area contributed by atoms with E-state index in [1.54, 1.807) is 6.07 Å². The lowest BCUT2D eigenvalue weighted by Gasteiger charge is -2.09. The molecule has 0 aliphatic carbocycles. The van der Waals surface area contributed by atoms with Crippen LogP contribution in [0.2, 0.25) is 0 Å². The minimum Gasteiger partial charge on any atom is -0.478 e. The van der Waals surface area contributed by atoms with Crippen molar-refractivity contribution >= 4 is 17.1 Å². The van der Waals surface area contributed by atoms with Crippen LogP contribution in [0, 0.1) is 0 Å². The van der Waals surface area contributed by atoms with E-state index in [1.165, 1.54) is 6.20 Å². The van der Waals surface area contributed by atoms with Gasteiger partial charge in [0.2, 0.25) is 0 Å². The van der Waals surface area contributed by atoms with Crippen LogP contribution in [0.3, 0.4) is 0 Å². The average Bonchev–Trinajstić information content (AvgIpc) is 2.92. The SMILES string of the molecule is CC1OCCC1c1nc2ncc(C(=O)O)cc2[nH]1. The van der Waals surface area contributed by atoms with Crippen molar-refractivity contribution < 1.29 is 14.6 Å². The summed E-state index contributed by atoms with van der Waals surface area (Å²) in [6.45, 7) is 2.75. The molecule has 1 aliphatic heterocycles. The van der Waals surface area contributed by atoms with E-state index in [4.69, 9.17) is 9.84 Å². The highest BCUT2D eigenvalue weighted by Crippen LogP contribution is 2.30. The van der Waals surface area contributed by atoms with Crippen molar-refractivity contribution in [2.75, 3.05) is 6.61 Å². The van der Waals surface area contributed by atoms with Crippen LogP contribution in [0.5, 0.6) is 0 Å². The molecule has 2 unspecified atom stereocenters. The molecule has 1 aliphatic rings. The summed E-state index contributed by atoms with van der Waals surface area (Å²) in [5, 5.41) is 8.91. The number of imidazole rings is 1. The molecule has 3 rings (SSSR count). The topological polar surface area (TPSA) is 88.1 Å². The molecule has 0 amide bonds. The Kier molecular flexibility index (Phi) is 2.52. The van der Waals surface area contributed by atoms with E-state index in [0.29, 0.717) is 11.2 Å². The van der Waals surface area contributed by atoms with E-state index in [-0.39, 0.29) is 17.6 Å². The summed E-state index contributed by atoms with van der Waals surface area (Å²) in [5.74, 6) is 0.0654. The lowest BCUT2D eigenvalue weighted by atomic mass is 10.0. The van der Waals surface area contributed by atoms with E-state index in [2.05, 4.69) is 15.0 Å². The standard InChI is InChI=1S/C12H13N3O3/c1-6-8(2-3-18-6)10-14-9-4-7(12(16)17)5-13-11(9)15-10/h4-6,8H,2-3H2,1H3,(H,16,17)(H,13,14,15). The Morgan fingerprint density at radius 2 is 2.44 bits per heavy atom. The molecule has 2 N–H and O–H groups in total. The Morgan fingerprint density at radius 3 is 3.11 bits per heavy atom. The van der Waals surface area contributed by atoms with Gasteiger partial charge in [-0.25, -0.2) is 14.8 Å². The Bertz CT molecular complexity index is 608.